The maximum atomic E-state index is 12.9. The Bertz CT molecular complexity index is 811. The predicted molar refractivity (Wildman–Crippen MR) is 96.3 cm³/mol. The van der Waals surface area contributed by atoms with Crippen LogP contribution in [0, 0.1) is 5.92 Å². The number of halogens is 3. The molecule has 0 aliphatic heterocycles. The topological polar surface area (TPSA) is 84.0 Å². The highest BCUT2D eigenvalue weighted by molar-refractivity contribution is 7.99. The van der Waals surface area contributed by atoms with Crippen molar-refractivity contribution >= 4 is 35.1 Å². The third-order valence-corrected chi connectivity index (χ3v) is 4.19. The van der Waals surface area contributed by atoms with Crippen LogP contribution in [0.15, 0.2) is 41.4 Å². The minimum Gasteiger partial charge on any atom is -0.325 e. The Kier molecular flexibility index (Phi) is 6.78. The molecule has 0 saturated carbocycles. The number of thioether (sulfide) groups is 1. The number of anilines is 2. The summed E-state index contributed by atoms with van der Waals surface area (Å²) in [4.78, 5) is 23.5. The summed E-state index contributed by atoms with van der Waals surface area (Å²) in [5.74, 6) is -0.868. The van der Waals surface area contributed by atoms with Crippen molar-refractivity contribution in [2.45, 2.75) is 25.0 Å². The molecule has 2 aromatic rings. The highest BCUT2D eigenvalue weighted by Gasteiger charge is 2.33. The zero-order chi connectivity index (χ0) is 20.0. The van der Waals surface area contributed by atoms with Crippen molar-refractivity contribution in [3.8, 4) is 0 Å². The number of amides is 2. The summed E-state index contributed by atoms with van der Waals surface area (Å²) < 4.78 is 38.8. The average molecular weight is 398 g/mol. The molecule has 27 heavy (non-hydrogen) atoms. The van der Waals surface area contributed by atoms with Crippen LogP contribution < -0.4 is 10.6 Å². The van der Waals surface area contributed by atoms with Crippen LogP contribution in [0.1, 0.15) is 19.4 Å². The molecule has 0 spiro atoms. The summed E-state index contributed by atoms with van der Waals surface area (Å²) in [6.07, 6.45) is -4.56. The third kappa shape index (κ3) is 6.24. The Morgan fingerprint density at radius 3 is 2.37 bits per heavy atom. The molecule has 1 aromatic carbocycles. The van der Waals surface area contributed by atoms with Crippen LogP contribution in [0.3, 0.4) is 0 Å². The number of aromatic nitrogens is 2. The molecular weight excluding hydrogens is 381 g/mol. The van der Waals surface area contributed by atoms with Crippen LogP contribution in [0.4, 0.5) is 24.7 Å². The van der Waals surface area contributed by atoms with Gasteiger partial charge in [0.05, 0.1) is 17.0 Å². The highest BCUT2D eigenvalue weighted by atomic mass is 32.2. The lowest BCUT2D eigenvalue weighted by Gasteiger charge is -2.13. The average Bonchev–Trinajstić information content (AvgIpc) is 2.60. The Morgan fingerprint density at radius 2 is 1.78 bits per heavy atom. The smallest absolute Gasteiger partial charge is 0.325 e. The molecule has 0 saturated heterocycles. The zero-order valence-corrected chi connectivity index (χ0v) is 15.3. The van der Waals surface area contributed by atoms with Gasteiger partial charge in [-0.2, -0.15) is 13.2 Å². The van der Waals surface area contributed by atoms with Gasteiger partial charge in [-0.15, -0.1) is 10.2 Å². The van der Waals surface area contributed by atoms with Crippen LogP contribution in [0.2, 0.25) is 0 Å². The van der Waals surface area contributed by atoms with Gasteiger partial charge in [-0.25, -0.2) is 0 Å². The first kappa shape index (κ1) is 20.7. The summed E-state index contributed by atoms with van der Waals surface area (Å²) in [7, 11) is 0. The molecule has 0 atom stereocenters. The largest absolute Gasteiger partial charge is 0.418 e. The van der Waals surface area contributed by atoms with Gasteiger partial charge >= 0.3 is 6.18 Å². The zero-order valence-electron chi connectivity index (χ0n) is 14.5. The molecule has 0 fully saturated rings. The van der Waals surface area contributed by atoms with Gasteiger partial charge in [0, 0.05) is 5.92 Å². The number of hydrogen-bond donors (Lipinski definition) is 2. The van der Waals surface area contributed by atoms with Gasteiger partial charge in [-0.1, -0.05) is 37.7 Å². The molecule has 0 bridgehead atoms. The number of nitrogens with zero attached hydrogens (tertiary/aromatic N) is 2. The molecular formula is C17H17F3N4O2S. The van der Waals surface area contributed by atoms with Crippen molar-refractivity contribution in [2.75, 3.05) is 16.4 Å². The van der Waals surface area contributed by atoms with Crippen molar-refractivity contribution in [3.63, 3.8) is 0 Å². The number of hydrogen-bond acceptors (Lipinski definition) is 5. The summed E-state index contributed by atoms with van der Waals surface area (Å²) in [5, 5.41) is 12.9. The van der Waals surface area contributed by atoms with E-state index in [0.29, 0.717) is 5.03 Å². The molecule has 1 aromatic heterocycles. The minimum atomic E-state index is -4.56. The first-order valence-corrected chi connectivity index (χ1v) is 8.89. The van der Waals surface area contributed by atoms with Gasteiger partial charge in [0.1, 0.15) is 5.03 Å². The second kappa shape index (κ2) is 8.85. The Morgan fingerprint density at radius 1 is 1.07 bits per heavy atom. The van der Waals surface area contributed by atoms with E-state index in [1.807, 2.05) is 0 Å². The fourth-order valence-corrected chi connectivity index (χ4v) is 2.51. The molecule has 0 radical (unpaired) electrons. The van der Waals surface area contributed by atoms with E-state index in [0.717, 1.165) is 17.8 Å². The van der Waals surface area contributed by atoms with E-state index >= 15 is 0 Å². The molecule has 2 amide bonds. The number of alkyl halides is 3. The van der Waals surface area contributed by atoms with E-state index in [1.54, 1.807) is 19.9 Å². The third-order valence-electron chi connectivity index (χ3n) is 3.27. The van der Waals surface area contributed by atoms with E-state index in [4.69, 9.17) is 0 Å². The number of benzene rings is 1. The van der Waals surface area contributed by atoms with Crippen LogP contribution in [-0.4, -0.2) is 27.8 Å². The second-order valence-electron chi connectivity index (χ2n) is 5.78. The van der Waals surface area contributed by atoms with Crippen molar-refractivity contribution < 1.29 is 22.8 Å². The Labute approximate surface area is 157 Å². The lowest BCUT2D eigenvalue weighted by atomic mass is 10.1. The molecule has 0 unspecified atom stereocenters. The fourth-order valence-electron chi connectivity index (χ4n) is 1.90. The van der Waals surface area contributed by atoms with E-state index < -0.39 is 17.6 Å². The molecule has 10 heteroatoms. The number of carbonyl (C=O) groups excluding carboxylic acids is 2. The molecule has 0 aliphatic rings. The van der Waals surface area contributed by atoms with Crippen LogP contribution >= 0.6 is 11.8 Å². The summed E-state index contributed by atoms with van der Waals surface area (Å²) in [5.41, 5.74) is -1.21. The quantitative estimate of drug-likeness (QED) is 0.723. The first-order valence-electron chi connectivity index (χ1n) is 7.90. The Hall–Kier alpha value is -2.62. The second-order valence-corrected chi connectivity index (χ2v) is 6.78. The molecule has 2 N–H and O–H groups in total. The van der Waals surface area contributed by atoms with Gasteiger partial charge in [0.2, 0.25) is 11.8 Å². The highest BCUT2D eigenvalue weighted by Crippen LogP contribution is 2.34. The monoisotopic (exact) mass is 398 g/mol. The number of para-hydroxylation sites is 1. The lowest BCUT2D eigenvalue weighted by molar-refractivity contribution is -0.137. The van der Waals surface area contributed by atoms with E-state index in [9.17, 15) is 22.8 Å². The van der Waals surface area contributed by atoms with E-state index in [1.165, 1.54) is 24.3 Å². The number of rotatable bonds is 6. The molecule has 0 aliphatic carbocycles. The first-order chi connectivity index (χ1) is 12.7. The normalized spacial score (nSPS) is 11.3. The van der Waals surface area contributed by atoms with Crippen molar-refractivity contribution in [3.05, 3.63) is 42.0 Å². The maximum Gasteiger partial charge on any atom is 0.418 e. The van der Waals surface area contributed by atoms with Gasteiger partial charge in [0.25, 0.3) is 0 Å². The number of carbonyl (C=O) groups is 2. The van der Waals surface area contributed by atoms with Crippen LogP contribution in [0.25, 0.3) is 0 Å². The van der Waals surface area contributed by atoms with Crippen molar-refractivity contribution in [1.82, 2.24) is 10.2 Å². The maximum absolute atomic E-state index is 12.9. The predicted octanol–water partition coefficient (Wildman–Crippen LogP) is 3.82. The van der Waals surface area contributed by atoms with Gasteiger partial charge in [-0.3, -0.25) is 9.59 Å². The van der Waals surface area contributed by atoms with Gasteiger partial charge in [0.15, 0.2) is 5.82 Å². The van der Waals surface area contributed by atoms with Crippen LogP contribution in [0.5, 0.6) is 0 Å². The van der Waals surface area contributed by atoms with Gasteiger partial charge in [-0.05, 0) is 24.3 Å². The molecule has 144 valence electrons. The van der Waals surface area contributed by atoms with E-state index in [-0.39, 0.29) is 29.1 Å². The van der Waals surface area contributed by atoms with Gasteiger partial charge < -0.3 is 10.6 Å². The Balaban J connectivity index is 1.92. The lowest BCUT2D eigenvalue weighted by Crippen LogP contribution is -2.19. The minimum absolute atomic E-state index is 0.140. The van der Waals surface area contributed by atoms with Crippen LogP contribution in [-0.2, 0) is 15.8 Å². The molecule has 2 rings (SSSR count). The SMILES string of the molecule is CC(C)C(=O)Nc1ccc(SCC(=O)Nc2ccccc2C(F)(F)F)nn1. The fraction of sp³-hybridized carbons (Fsp3) is 0.294. The van der Waals surface area contributed by atoms with E-state index in [2.05, 4.69) is 20.8 Å². The standard InChI is InChI=1S/C17H17F3N4O2S/c1-10(2)16(26)22-13-7-8-15(24-23-13)27-9-14(25)21-12-6-4-3-5-11(12)17(18,19)20/h3-8,10H,9H2,1-2H3,(H,21,25)(H,22,23,26). The number of nitrogens with one attached hydrogen (secondary N) is 2. The molecule has 6 nitrogen and oxygen atoms in total. The summed E-state index contributed by atoms with van der Waals surface area (Å²) in [6.45, 7) is 3.48. The summed E-state index contributed by atoms with van der Waals surface area (Å²) in [6, 6.07) is 7.85. The van der Waals surface area contributed by atoms with Crippen molar-refractivity contribution in [2.24, 2.45) is 5.92 Å². The summed E-state index contributed by atoms with van der Waals surface area (Å²) >= 11 is 1.02. The molecule has 1 heterocycles. The van der Waals surface area contributed by atoms with Crippen molar-refractivity contribution in [1.29, 1.82) is 0 Å².